The van der Waals surface area contributed by atoms with Crippen molar-refractivity contribution in [1.82, 2.24) is 15.4 Å². The molecule has 0 spiro atoms. The summed E-state index contributed by atoms with van der Waals surface area (Å²) in [6.45, 7) is 2.51. The molecule has 0 aliphatic heterocycles. The van der Waals surface area contributed by atoms with Crippen LogP contribution in [0.2, 0.25) is 0 Å². The van der Waals surface area contributed by atoms with Gasteiger partial charge in [0.05, 0.1) is 6.04 Å². The van der Waals surface area contributed by atoms with Gasteiger partial charge in [0.15, 0.2) is 11.5 Å². The molecule has 26 heavy (non-hydrogen) atoms. The molecule has 1 heterocycles. The van der Waals surface area contributed by atoms with E-state index in [1.54, 1.807) is 6.07 Å². The maximum Gasteiger partial charge on any atom is 0.273 e. The Hall–Kier alpha value is -2.92. The first-order valence-corrected chi connectivity index (χ1v) is 8.58. The zero-order chi connectivity index (χ0) is 18.5. The minimum absolute atomic E-state index is 0.0867. The number of likely N-dealkylation sites (N-methyl/N-ethyl adjacent to an activating group) is 1. The van der Waals surface area contributed by atoms with Crippen molar-refractivity contribution in [3.05, 3.63) is 77.5 Å². The summed E-state index contributed by atoms with van der Waals surface area (Å²) in [5.41, 5.74) is 3.50. The minimum Gasteiger partial charge on any atom is -0.355 e. The van der Waals surface area contributed by atoms with Gasteiger partial charge in [-0.05, 0) is 26.6 Å². The van der Waals surface area contributed by atoms with Crippen LogP contribution in [0.3, 0.4) is 0 Å². The number of rotatable bonds is 6. The summed E-state index contributed by atoms with van der Waals surface area (Å²) in [6.07, 6.45) is 0. The molecule has 0 aliphatic rings. The number of carbonyl (C=O) groups excluding carboxylic acids is 1. The molecule has 5 heteroatoms. The van der Waals surface area contributed by atoms with E-state index < -0.39 is 0 Å². The van der Waals surface area contributed by atoms with Gasteiger partial charge in [0.1, 0.15) is 0 Å². The van der Waals surface area contributed by atoms with Gasteiger partial charge in [-0.15, -0.1) is 0 Å². The maximum atomic E-state index is 12.4. The first-order valence-electron chi connectivity index (χ1n) is 8.58. The monoisotopic (exact) mass is 349 g/mol. The van der Waals surface area contributed by atoms with Crippen molar-refractivity contribution in [1.29, 1.82) is 0 Å². The Kier molecular flexibility index (Phi) is 5.49. The fourth-order valence-electron chi connectivity index (χ4n) is 2.79. The number of hydrogen-bond acceptors (Lipinski definition) is 4. The van der Waals surface area contributed by atoms with Gasteiger partial charge in [0.2, 0.25) is 0 Å². The third-order valence-electron chi connectivity index (χ3n) is 4.34. The molecule has 134 valence electrons. The topological polar surface area (TPSA) is 58.4 Å². The number of benzene rings is 2. The fourth-order valence-corrected chi connectivity index (χ4v) is 2.79. The minimum atomic E-state index is -0.241. The van der Waals surface area contributed by atoms with Gasteiger partial charge >= 0.3 is 0 Å². The Labute approximate surface area is 153 Å². The van der Waals surface area contributed by atoms with Crippen LogP contribution >= 0.6 is 0 Å². The molecule has 0 radical (unpaired) electrons. The molecular weight excluding hydrogens is 326 g/mol. The normalized spacial score (nSPS) is 12.2. The van der Waals surface area contributed by atoms with Crippen LogP contribution in [0.1, 0.15) is 27.7 Å². The second-order valence-corrected chi connectivity index (χ2v) is 6.54. The molecule has 0 aliphatic carbocycles. The highest BCUT2D eigenvalue weighted by Gasteiger charge is 2.18. The van der Waals surface area contributed by atoms with Crippen LogP contribution in [0.15, 0.2) is 65.2 Å². The highest BCUT2D eigenvalue weighted by atomic mass is 16.5. The smallest absolute Gasteiger partial charge is 0.273 e. The van der Waals surface area contributed by atoms with E-state index in [-0.39, 0.29) is 17.6 Å². The molecule has 0 saturated carbocycles. The number of nitrogens with one attached hydrogen (secondary N) is 1. The number of amides is 1. The summed E-state index contributed by atoms with van der Waals surface area (Å²) >= 11 is 0. The second kappa shape index (κ2) is 7.97. The van der Waals surface area contributed by atoms with Crippen LogP contribution in [-0.2, 0) is 0 Å². The molecule has 1 amide bonds. The summed E-state index contributed by atoms with van der Waals surface area (Å²) in [5.74, 6) is 0.345. The van der Waals surface area contributed by atoms with Gasteiger partial charge < -0.3 is 14.7 Å². The number of carbonyl (C=O) groups is 1. The Morgan fingerprint density at radius 1 is 1.12 bits per heavy atom. The highest BCUT2D eigenvalue weighted by molar-refractivity contribution is 5.93. The van der Waals surface area contributed by atoms with E-state index in [0.29, 0.717) is 12.3 Å². The zero-order valence-electron chi connectivity index (χ0n) is 15.3. The molecule has 1 atom stereocenters. The standard InChI is InChI=1S/C21H23N3O2/c1-15-9-11-17(12-10-15)20-13-18(23-26-20)21(25)22-14-19(24(2)3)16-7-5-4-6-8-16/h4-13,19H,14H2,1-3H3,(H,22,25)/t19-/m1/s1. The van der Waals surface area contributed by atoms with E-state index in [1.807, 2.05) is 63.5 Å². The number of aromatic nitrogens is 1. The molecule has 2 aromatic carbocycles. The van der Waals surface area contributed by atoms with Crippen molar-refractivity contribution in [3.8, 4) is 11.3 Å². The molecule has 1 aromatic heterocycles. The van der Waals surface area contributed by atoms with Gasteiger partial charge in [-0.1, -0.05) is 65.3 Å². The van der Waals surface area contributed by atoms with Gasteiger partial charge in [-0.3, -0.25) is 4.79 Å². The van der Waals surface area contributed by atoms with E-state index in [9.17, 15) is 4.79 Å². The first kappa shape index (κ1) is 17.9. The third-order valence-corrected chi connectivity index (χ3v) is 4.34. The predicted octanol–water partition coefficient (Wildman–Crippen LogP) is 3.68. The van der Waals surface area contributed by atoms with Crippen LogP contribution in [0.25, 0.3) is 11.3 Å². The van der Waals surface area contributed by atoms with Crippen molar-refractivity contribution >= 4 is 5.91 Å². The molecule has 0 bridgehead atoms. The quantitative estimate of drug-likeness (QED) is 0.737. The van der Waals surface area contributed by atoms with Crippen LogP contribution in [0.4, 0.5) is 0 Å². The molecule has 0 unspecified atom stereocenters. The Morgan fingerprint density at radius 3 is 2.46 bits per heavy atom. The zero-order valence-corrected chi connectivity index (χ0v) is 15.3. The average Bonchev–Trinajstić information content (AvgIpc) is 3.13. The average molecular weight is 349 g/mol. The summed E-state index contributed by atoms with van der Waals surface area (Å²) in [7, 11) is 3.99. The van der Waals surface area contributed by atoms with Crippen molar-refractivity contribution in [2.75, 3.05) is 20.6 Å². The van der Waals surface area contributed by atoms with Crippen LogP contribution < -0.4 is 5.32 Å². The Bertz CT molecular complexity index is 854. The van der Waals surface area contributed by atoms with Crippen LogP contribution in [0, 0.1) is 6.92 Å². The van der Waals surface area contributed by atoms with Crippen molar-refractivity contribution in [2.45, 2.75) is 13.0 Å². The van der Waals surface area contributed by atoms with E-state index in [4.69, 9.17) is 4.52 Å². The Balaban J connectivity index is 1.67. The third kappa shape index (κ3) is 4.18. The van der Waals surface area contributed by atoms with Gasteiger partial charge in [-0.25, -0.2) is 0 Å². The molecular formula is C21H23N3O2. The fraction of sp³-hybridized carbons (Fsp3) is 0.238. The lowest BCUT2D eigenvalue weighted by molar-refractivity contribution is 0.0933. The maximum absolute atomic E-state index is 12.4. The van der Waals surface area contributed by atoms with Crippen LogP contribution in [0.5, 0.6) is 0 Å². The molecule has 3 rings (SSSR count). The largest absolute Gasteiger partial charge is 0.355 e. The van der Waals surface area contributed by atoms with Gasteiger partial charge in [0.25, 0.3) is 5.91 Å². The summed E-state index contributed by atoms with van der Waals surface area (Å²) in [4.78, 5) is 14.5. The second-order valence-electron chi connectivity index (χ2n) is 6.54. The van der Waals surface area contributed by atoms with Gasteiger partial charge in [-0.2, -0.15) is 0 Å². The lowest BCUT2D eigenvalue weighted by Crippen LogP contribution is -2.34. The summed E-state index contributed by atoms with van der Waals surface area (Å²) < 4.78 is 5.33. The number of hydrogen-bond donors (Lipinski definition) is 1. The van der Waals surface area contributed by atoms with E-state index >= 15 is 0 Å². The van der Waals surface area contributed by atoms with E-state index in [1.165, 1.54) is 5.56 Å². The SMILES string of the molecule is Cc1ccc(-c2cc(C(=O)NC[C@H](c3ccccc3)N(C)C)no2)cc1. The van der Waals surface area contributed by atoms with E-state index in [0.717, 1.165) is 11.1 Å². The van der Waals surface area contributed by atoms with E-state index in [2.05, 4.69) is 27.5 Å². The Morgan fingerprint density at radius 2 is 1.81 bits per heavy atom. The molecule has 0 fully saturated rings. The van der Waals surface area contributed by atoms with Crippen molar-refractivity contribution < 1.29 is 9.32 Å². The highest BCUT2D eigenvalue weighted by Crippen LogP contribution is 2.21. The van der Waals surface area contributed by atoms with Gasteiger partial charge in [0, 0.05) is 18.2 Å². The first-order chi connectivity index (χ1) is 12.5. The molecule has 3 aromatic rings. The van der Waals surface area contributed by atoms with Crippen molar-refractivity contribution in [2.24, 2.45) is 0 Å². The number of aryl methyl sites for hydroxylation is 1. The summed E-state index contributed by atoms with van der Waals surface area (Å²) in [5, 5.41) is 6.86. The molecule has 5 nitrogen and oxygen atoms in total. The lowest BCUT2D eigenvalue weighted by atomic mass is 10.1. The summed E-state index contributed by atoms with van der Waals surface area (Å²) in [6, 6.07) is 19.8. The molecule has 1 N–H and O–H groups in total. The predicted molar refractivity (Wildman–Crippen MR) is 102 cm³/mol. The lowest BCUT2D eigenvalue weighted by Gasteiger charge is -2.24. The number of nitrogens with zero attached hydrogens (tertiary/aromatic N) is 2. The van der Waals surface area contributed by atoms with Crippen molar-refractivity contribution in [3.63, 3.8) is 0 Å². The molecule has 0 saturated heterocycles. The van der Waals surface area contributed by atoms with Crippen LogP contribution in [-0.4, -0.2) is 36.6 Å².